The first kappa shape index (κ1) is 24.9. The molecule has 1 fully saturated rings. The van der Waals surface area contributed by atoms with Crippen molar-refractivity contribution in [2.75, 3.05) is 44.6 Å². The maximum absolute atomic E-state index is 4.85. The second-order valence-corrected chi connectivity index (χ2v) is 7.83. The molecule has 1 saturated heterocycles. The number of piperidine rings is 1. The van der Waals surface area contributed by atoms with E-state index in [2.05, 4.69) is 46.6 Å². The van der Waals surface area contributed by atoms with E-state index >= 15 is 0 Å². The molecule has 7 heteroatoms. The smallest absolute Gasteiger partial charge is 0.191 e. The number of halogens is 1. The van der Waals surface area contributed by atoms with E-state index in [-0.39, 0.29) is 29.5 Å². The molecule has 0 radical (unpaired) electrons. The molecule has 2 heterocycles. The Morgan fingerprint density at radius 2 is 1.86 bits per heavy atom. The van der Waals surface area contributed by atoms with Gasteiger partial charge in [0.1, 0.15) is 5.82 Å². The first-order valence-electron chi connectivity index (χ1n) is 10.5. The summed E-state index contributed by atoms with van der Waals surface area (Å²) in [6.45, 7) is 12.7. The fourth-order valence-corrected chi connectivity index (χ4v) is 3.35. The van der Waals surface area contributed by atoms with Gasteiger partial charge in [-0.15, -0.1) is 24.0 Å². The molecule has 0 aromatic carbocycles. The van der Waals surface area contributed by atoms with Crippen LogP contribution in [0.5, 0.6) is 0 Å². The van der Waals surface area contributed by atoms with Crippen LogP contribution in [0.15, 0.2) is 29.4 Å². The standard InChI is InChI=1S/C21H38N6.HI/c1-4-22-20(26-18-21(2,3)27-16-10-5-11-17-27)25-15-9-8-14-24-19-12-6-7-13-23-19;/h6-7,12-13H,4-5,8-11,14-18H2,1-3H3,(H,23,24)(H2,22,25,26);1H. The average Bonchev–Trinajstić information content (AvgIpc) is 2.70. The van der Waals surface area contributed by atoms with Crippen molar-refractivity contribution in [1.29, 1.82) is 0 Å². The highest BCUT2D eigenvalue weighted by Gasteiger charge is 2.27. The van der Waals surface area contributed by atoms with Crippen LogP contribution >= 0.6 is 24.0 Å². The van der Waals surface area contributed by atoms with Gasteiger partial charge in [0.05, 0.1) is 6.54 Å². The zero-order chi connectivity index (χ0) is 19.4. The third-order valence-corrected chi connectivity index (χ3v) is 5.05. The van der Waals surface area contributed by atoms with E-state index in [4.69, 9.17) is 4.99 Å². The predicted octanol–water partition coefficient (Wildman–Crippen LogP) is 3.71. The Bertz CT molecular complexity index is 543. The SMILES string of the molecule is CCNC(=NCC(C)(C)N1CCCCC1)NCCCCNc1ccccn1.I. The van der Waals surface area contributed by atoms with Crippen LogP contribution in [0.25, 0.3) is 0 Å². The molecule has 0 spiro atoms. The van der Waals surface area contributed by atoms with Gasteiger partial charge < -0.3 is 16.0 Å². The van der Waals surface area contributed by atoms with Crippen molar-refractivity contribution in [3.63, 3.8) is 0 Å². The number of likely N-dealkylation sites (tertiary alicyclic amines) is 1. The molecule has 2 rings (SSSR count). The Morgan fingerprint density at radius 3 is 2.54 bits per heavy atom. The fraction of sp³-hybridized carbons (Fsp3) is 0.714. The van der Waals surface area contributed by atoms with Crippen molar-refractivity contribution >= 4 is 35.8 Å². The first-order valence-corrected chi connectivity index (χ1v) is 10.5. The van der Waals surface area contributed by atoms with Crippen LogP contribution in [0, 0.1) is 0 Å². The summed E-state index contributed by atoms with van der Waals surface area (Å²) in [6, 6.07) is 5.93. The Morgan fingerprint density at radius 1 is 1.11 bits per heavy atom. The minimum absolute atomic E-state index is 0. The number of guanidine groups is 1. The van der Waals surface area contributed by atoms with Crippen LogP contribution in [-0.4, -0.2) is 60.7 Å². The quantitative estimate of drug-likeness (QED) is 0.197. The second kappa shape index (κ2) is 14.0. The van der Waals surface area contributed by atoms with Crippen LogP contribution in [0.1, 0.15) is 52.9 Å². The van der Waals surface area contributed by atoms with Gasteiger partial charge in [0.2, 0.25) is 0 Å². The fourth-order valence-electron chi connectivity index (χ4n) is 3.35. The highest BCUT2D eigenvalue weighted by atomic mass is 127. The monoisotopic (exact) mass is 502 g/mol. The van der Waals surface area contributed by atoms with E-state index in [0.29, 0.717) is 0 Å². The summed E-state index contributed by atoms with van der Waals surface area (Å²) >= 11 is 0. The van der Waals surface area contributed by atoms with Gasteiger partial charge in [-0.1, -0.05) is 12.5 Å². The number of aromatic nitrogens is 1. The Balaban J connectivity index is 0.00000392. The third-order valence-electron chi connectivity index (χ3n) is 5.05. The molecule has 1 aliphatic heterocycles. The first-order chi connectivity index (χ1) is 13.1. The number of aliphatic imine (C=N–C) groups is 1. The van der Waals surface area contributed by atoms with E-state index in [0.717, 1.165) is 50.8 Å². The molecule has 0 aliphatic carbocycles. The Kier molecular flexibility index (Phi) is 12.5. The van der Waals surface area contributed by atoms with Crippen LogP contribution in [-0.2, 0) is 0 Å². The third kappa shape index (κ3) is 9.41. The lowest BCUT2D eigenvalue weighted by Gasteiger charge is -2.40. The maximum Gasteiger partial charge on any atom is 0.191 e. The number of rotatable bonds is 10. The van der Waals surface area contributed by atoms with Crippen molar-refractivity contribution in [3.05, 3.63) is 24.4 Å². The Hall–Kier alpha value is -1.09. The van der Waals surface area contributed by atoms with Crippen molar-refractivity contribution < 1.29 is 0 Å². The van der Waals surface area contributed by atoms with Crippen molar-refractivity contribution in [2.24, 2.45) is 4.99 Å². The summed E-state index contributed by atoms with van der Waals surface area (Å²) in [6.07, 6.45) is 8.02. The topological polar surface area (TPSA) is 64.6 Å². The minimum Gasteiger partial charge on any atom is -0.370 e. The molecule has 0 saturated carbocycles. The molecule has 0 atom stereocenters. The van der Waals surface area contributed by atoms with Crippen LogP contribution < -0.4 is 16.0 Å². The van der Waals surface area contributed by atoms with E-state index < -0.39 is 0 Å². The number of anilines is 1. The number of nitrogens with one attached hydrogen (secondary N) is 3. The molecule has 1 aromatic rings. The molecule has 1 aliphatic rings. The number of pyridine rings is 1. The average molecular weight is 502 g/mol. The predicted molar refractivity (Wildman–Crippen MR) is 131 cm³/mol. The summed E-state index contributed by atoms with van der Waals surface area (Å²) in [5, 5.41) is 10.2. The van der Waals surface area contributed by atoms with Gasteiger partial charge in [0.15, 0.2) is 5.96 Å². The van der Waals surface area contributed by atoms with Crippen molar-refractivity contribution in [3.8, 4) is 0 Å². The second-order valence-electron chi connectivity index (χ2n) is 7.83. The van der Waals surface area contributed by atoms with Crippen LogP contribution in [0.3, 0.4) is 0 Å². The summed E-state index contributed by atoms with van der Waals surface area (Å²) in [5.74, 6) is 1.88. The number of unbranched alkanes of at least 4 members (excludes halogenated alkanes) is 1. The van der Waals surface area contributed by atoms with Gasteiger partial charge in [-0.25, -0.2) is 4.98 Å². The van der Waals surface area contributed by atoms with Gasteiger partial charge in [0, 0.05) is 31.4 Å². The molecule has 28 heavy (non-hydrogen) atoms. The molecule has 0 unspecified atom stereocenters. The van der Waals surface area contributed by atoms with Gasteiger partial charge in [-0.3, -0.25) is 9.89 Å². The molecule has 0 bridgehead atoms. The molecule has 0 amide bonds. The molecular weight excluding hydrogens is 463 g/mol. The van der Waals surface area contributed by atoms with Gasteiger partial charge in [-0.2, -0.15) is 0 Å². The van der Waals surface area contributed by atoms with Gasteiger partial charge in [-0.05, 0) is 71.7 Å². The largest absolute Gasteiger partial charge is 0.370 e. The molecule has 1 aromatic heterocycles. The van der Waals surface area contributed by atoms with E-state index in [1.54, 1.807) is 0 Å². The van der Waals surface area contributed by atoms with Crippen LogP contribution in [0.2, 0.25) is 0 Å². The lowest BCUT2D eigenvalue weighted by Crippen LogP contribution is -2.49. The summed E-state index contributed by atoms with van der Waals surface area (Å²) in [7, 11) is 0. The van der Waals surface area contributed by atoms with Gasteiger partial charge in [0.25, 0.3) is 0 Å². The summed E-state index contributed by atoms with van der Waals surface area (Å²) < 4.78 is 0. The Labute approximate surface area is 188 Å². The van der Waals surface area contributed by atoms with E-state index in [1.807, 2.05) is 24.4 Å². The number of hydrogen-bond donors (Lipinski definition) is 3. The van der Waals surface area contributed by atoms with E-state index in [1.165, 1.54) is 32.4 Å². The highest BCUT2D eigenvalue weighted by molar-refractivity contribution is 14.0. The normalized spacial score (nSPS) is 15.6. The maximum atomic E-state index is 4.85. The van der Waals surface area contributed by atoms with Gasteiger partial charge >= 0.3 is 0 Å². The molecular formula is C21H39IN6. The van der Waals surface area contributed by atoms with Crippen LogP contribution in [0.4, 0.5) is 5.82 Å². The molecule has 6 nitrogen and oxygen atoms in total. The zero-order valence-electron chi connectivity index (χ0n) is 17.8. The highest BCUT2D eigenvalue weighted by Crippen LogP contribution is 2.20. The number of nitrogens with zero attached hydrogens (tertiary/aromatic N) is 3. The summed E-state index contributed by atoms with van der Waals surface area (Å²) in [5.41, 5.74) is 0.120. The minimum atomic E-state index is 0. The van der Waals surface area contributed by atoms with E-state index in [9.17, 15) is 0 Å². The van der Waals surface area contributed by atoms with Crippen molar-refractivity contribution in [2.45, 2.75) is 58.4 Å². The number of hydrogen-bond acceptors (Lipinski definition) is 4. The molecule has 160 valence electrons. The lowest BCUT2D eigenvalue weighted by atomic mass is 9.99. The zero-order valence-corrected chi connectivity index (χ0v) is 20.2. The molecule has 3 N–H and O–H groups in total. The lowest BCUT2D eigenvalue weighted by molar-refractivity contribution is 0.102. The van der Waals surface area contributed by atoms with Crippen molar-refractivity contribution in [1.82, 2.24) is 20.5 Å². The summed E-state index contributed by atoms with van der Waals surface area (Å²) in [4.78, 5) is 11.7.